The lowest BCUT2D eigenvalue weighted by molar-refractivity contribution is 0.0689. The smallest absolute Gasteiger partial charge is 0.356 e. The average Bonchev–Trinajstić information content (AvgIpc) is 2.70. The van der Waals surface area contributed by atoms with Gasteiger partial charge in [-0.05, 0) is 30.2 Å². The second kappa shape index (κ2) is 4.72. The molecule has 0 fully saturated rings. The number of carboxylic acid groups (broad SMARTS) is 1. The van der Waals surface area contributed by atoms with Crippen LogP contribution in [0.25, 0.3) is 0 Å². The second-order valence-electron chi connectivity index (χ2n) is 3.60. The van der Waals surface area contributed by atoms with Crippen LogP contribution in [0.4, 0.5) is 4.39 Å². The van der Waals surface area contributed by atoms with Crippen molar-refractivity contribution in [2.24, 2.45) is 7.05 Å². The van der Waals surface area contributed by atoms with Gasteiger partial charge in [-0.25, -0.2) is 9.18 Å². The van der Waals surface area contributed by atoms with E-state index in [1.54, 1.807) is 19.2 Å². The maximum Gasteiger partial charge on any atom is 0.356 e. The molecule has 5 heteroatoms. The van der Waals surface area contributed by atoms with Crippen LogP contribution in [0.5, 0.6) is 0 Å². The highest BCUT2D eigenvalue weighted by molar-refractivity contribution is 5.85. The van der Waals surface area contributed by atoms with E-state index in [-0.39, 0.29) is 11.5 Å². The van der Waals surface area contributed by atoms with Gasteiger partial charge in [0.15, 0.2) is 5.69 Å². The highest BCUT2D eigenvalue weighted by Gasteiger charge is 2.09. The quantitative estimate of drug-likeness (QED) is 0.776. The maximum atomic E-state index is 12.7. The molecule has 1 aromatic heterocycles. The Kier molecular flexibility index (Phi) is 3.11. The highest BCUT2D eigenvalue weighted by Crippen LogP contribution is 2.04. The number of carbonyl (C=O) groups is 1. The van der Waals surface area contributed by atoms with Gasteiger partial charge in [0.05, 0.1) is 0 Å². The first-order chi connectivity index (χ1) is 8.56. The molecule has 0 saturated heterocycles. The van der Waals surface area contributed by atoms with Crippen molar-refractivity contribution in [3.05, 3.63) is 53.1 Å². The number of nitrogens with zero attached hydrogens (tertiary/aromatic N) is 2. The zero-order valence-electron chi connectivity index (χ0n) is 9.51. The number of rotatable bonds is 1. The van der Waals surface area contributed by atoms with Gasteiger partial charge in [-0.2, -0.15) is 5.10 Å². The van der Waals surface area contributed by atoms with E-state index in [1.807, 2.05) is 0 Å². The van der Waals surface area contributed by atoms with Crippen LogP contribution in [-0.4, -0.2) is 20.9 Å². The minimum absolute atomic E-state index is 0.0547. The molecule has 0 spiro atoms. The van der Waals surface area contributed by atoms with Crippen LogP contribution in [0.2, 0.25) is 0 Å². The largest absolute Gasteiger partial charge is 0.476 e. The van der Waals surface area contributed by atoms with Crippen molar-refractivity contribution in [1.29, 1.82) is 0 Å². The number of halogens is 1. The molecule has 0 unspecified atom stereocenters. The van der Waals surface area contributed by atoms with Gasteiger partial charge in [0.25, 0.3) is 0 Å². The summed E-state index contributed by atoms with van der Waals surface area (Å²) in [6.07, 6.45) is 0. The molecule has 0 bridgehead atoms. The fourth-order valence-corrected chi connectivity index (χ4v) is 1.36. The van der Waals surface area contributed by atoms with Crippen molar-refractivity contribution in [1.82, 2.24) is 9.78 Å². The minimum Gasteiger partial charge on any atom is -0.476 e. The Balaban J connectivity index is 2.29. The summed E-state index contributed by atoms with van der Waals surface area (Å²) >= 11 is 0. The lowest BCUT2D eigenvalue weighted by Gasteiger charge is -1.91. The van der Waals surface area contributed by atoms with Crippen molar-refractivity contribution >= 4 is 5.97 Å². The van der Waals surface area contributed by atoms with E-state index < -0.39 is 5.97 Å². The average molecular weight is 244 g/mol. The molecule has 0 aliphatic rings. The minimum atomic E-state index is -1.10. The fraction of sp³-hybridized carbons (Fsp3) is 0.0769. The summed E-state index contributed by atoms with van der Waals surface area (Å²) in [4.78, 5) is 10.7. The van der Waals surface area contributed by atoms with E-state index in [0.717, 1.165) is 0 Å². The van der Waals surface area contributed by atoms with Gasteiger partial charge in [-0.3, -0.25) is 4.68 Å². The Hall–Kier alpha value is -2.61. The summed E-state index contributed by atoms with van der Waals surface area (Å²) in [5.74, 6) is 4.18. The number of hydrogen-bond donors (Lipinski definition) is 1. The molecular formula is C13H9FN2O2. The Labute approximate surface area is 103 Å². The van der Waals surface area contributed by atoms with Crippen molar-refractivity contribution in [2.45, 2.75) is 0 Å². The molecular weight excluding hydrogens is 235 g/mol. The topological polar surface area (TPSA) is 55.1 Å². The van der Waals surface area contributed by atoms with E-state index in [1.165, 1.54) is 22.9 Å². The molecule has 0 amide bonds. The zero-order chi connectivity index (χ0) is 13.1. The molecule has 90 valence electrons. The van der Waals surface area contributed by atoms with Gasteiger partial charge >= 0.3 is 5.97 Å². The summed E-state index contributed by atoms with van der Waals surface area (Å²) in [5.41, 5.74) is 1.08. The van der Waals surface area contributed by atoms with Gasteiger partial charge in [0, 0.05) is 18.7 Å². The predicted molar refractivity (Wildman–Crippen MR) is 62.5 cm³/mol. The highest BCUT2D eigenvalue weighted by atomic mass is 19.1. The van der Waals surface area contributed by atoms with Crippen LogP contribution >= 0.6 is 0 Å². The van der Waals surface area contributed by atoms with Gasteiger partial charge in [-0.15, -0.1) is 0 Å². The molecule has 1 N–H and O–H groups in total. The van der Waals surface area contributed by atoms with E-state index in [9.17, 15) is 9.18 Å². The van der Waals surface area contributed by atoms with Crippen molar-refractivity contribution in [3.63, 3.8) is 0 Å². The van der Waals surface area contributed by atoms with Crippen LogP contribution in [0.1, 0.15) is 21.7 Å². The van der Waals surface area contributed by atoms with E-state index in [2.05, 4.69) is 16.9 Å². The molecule has 0 atom stereocenters. The number of aryl methyl sites for hydroxylation is 1. The van der Waals surface area contributed by atoms with Gasteiger partial charge in [0.2, 0.25) is 0 Å². The number of aromatic nitrogens is 2. The summed E-state index contributed by atoms with van der Waals surface area (Å²) in [6, 6.07) is 7.12. The first-order valence-electron chi connectivity index (χ1n) is 5.11. The standard InChI is InChI=1S/C13H9FN2O2/c1-16-11(8-12(15-16)13(17)18)7-4-9-2-5-10(14)6-3-9/h2-3,5-6,8H,1H3,(H,17,18). The summed E-state index contributed by atoms with van der Waals surface area (Å²) < 4.78 is 14.1. The number of benzene rings is 1. The summed E-state index contributed by atoms with van der Waals surface area (Å²) in [5, 5.41) is 12.6. The lowest BCUT2D eigenvalue weighted by atomic mass is 10.2. The Morgan fingerprint density at radius 2 is 2.00 bits per heavy atom. The molecule has 1 heterocycles. The van der Waals surface area contributed by atoms with Crippen LogP contribution in [-0.2, 0) is 7.05 Å². The van der Waals surface area contributed by atoms with Gasteiger partial charge in [-0.1, -0.05) is 5.92 Å². The zero-order valence-corrected chi connectivity index (χ0v) is 9.51. The first-order valence-corrected chi connectivity index (χ1v) is 5.11. The Morgan fingerprint density at radius 3 is 2.56 bits per heavy atom. The molecule has 0 saturated carbocycles. The number of carboxylic acids is 1. The SMILES string of the molecule is Cn1nc(C(=O)O)cc1C#Cc1ccc(F)cc1. The Bertz CT molecular complexity index is 648. The maximum absolute atomic E-state index is 12.7. The monoisotopic (exact) mass is 244 g/mol. The second-order valence-corrected chi connectivity index (χ2v) is 3.60. The third kappa shape index (κ3) is 2.55. The van der Waals surface area contributed by atoms with Crippen molar-refractivity contribution in [3.8, 4) is 11.8 Å². The van der Waals surface area contributed by atoms with Gasteiger partial charge in [0.1, 0.15) is 11.5 Å². The lowest BCUT2D eigenvalue weighted by Crippen LogP contribution is -1.99. The molecule has 2 rings (SSSR count). The first kappa shape index (κ1) is 11.9. The number of hydrogen-bond acceptors (Lipinski definition) is 2. The molecule has 4 nitrogen and oxygen atoms in total. The molecule has 1 aromatic carbocycles. The van der Waals surface area contributed by atoms with Crippen molar-refractivity contribution < 1.29 is 14.3 Å². The summed E-state index contributed by atoms with van der Waals surface area (Å²) in [6.45, 7) is 0. The normalized spacial score (nSPS) is 9.67. The van der Waals surface area contributed by atoms with E-state index in [0.29, 0.717) is 11.3 Å². The Morgan fingerprint density at radius 1 is 1.33 bits per heavy atom. The van der Waals surface area contributed by atoms with Crippen LogP contribution in [0.3, 0.4) is 0 Å². The third-order valence-electron chi connectivity index (χ3n) is 2.28. The van der Waals surface area contributed by atoms with Crippen LogP contribution in [0, 0.1) is 17.7 Å². The molecule has 0 aliphatic carbocycles. The van der Waals surface area contributed by atoms with Crippen LogP contribution in [0.15, 0.2) is 30.3 Å². The molecule has 0 aliphatic heterocycles. The van der Waals surface area contributed by atoms with E-state index >= 15 is 0 Å². The fourth-order valence-electron chi connectivity index (χ4n) is 1.36. The third-order valence-corrected chi connectivity index (χ3v) is 2.28. The van der Waals surface area contributed by atoms with Crippen LogP contribution < -0.4 is 0 Å². The molecule has 2 aromatic rings. The molecule has 18 heavy (non-hydrogen) atoms. The molecule has 0 radical (unpaired) electrons. The number of aromatic carboxylic acids is 1. The van der Waals surface area contributed by atoms with Crippen molar-refractivity contribution in [2.75, 3.05) is 0 Å². The van der Waals surface area contributed by atoms with Gasteiger partial charge < -0.3 is 5.11 Å². The van der Waals surface area contributed by atoms with E-state index in [4.69, 9.17) is 5.11 Å². The summed E-state index contributed by atoms with van der Waals surface area (Å²) in [7, 11) is 1.61. The predicted octanol–water partition coefficient (Wildman–Crippen LogP) is 1.66.